The van der Waals surface area contributed by atoms with Crippen LogP contribution in [-0.2, 0) is 19.2 Å². The maximum atomic E-state index is 10.8. The molecule has 0 aliphatic rings. The summed E-state index contributed by atoms with van der Waals surface area (Å²) in [5.41, 5.74) is -1.61. The van der Waals surface area contributed by atoms with E-state index in [-0.39, 0.29) is 13.1 Å². The van der Waals surface area contributed by atoms with Crippen molar-refractivity contribution in [3.05, 3.63) is 0 Å². The lowest BCUT2D eigenvalue weighted by atomic mass is 10.4. The van der Waals surface area contributed by atoms with Crippen LogP contribution in [0.25, 0.3) is 0 Å². The second-order valence-corrected chi connectivity index (χ2v) is 4.45. The first-order valence-electron chi connectivity index (χ1n) is 5.62. The number of nitrogens with zero attached hydrogens (tertiary/aromatic N) is 2. The standard InChI is InChI=1S/C10H15ClN2O8/c11-9(10(20)21)13(5-8(18)19)2-1-12(3-6(14)15)4-7(16)17/h9H,1-5H2,(H,14,15)(H,16,17)(H,18,19)(H,20,21). The Hall–Kier alpha value is -1.91. The van der Waals surface area contributed by atoms with Crippen molar-refractivity contribution >= 4 is 35.5 Å². The van der Waals surface area contributed by atoms with E-state index >= 15 is 0 Å². The Morgan fingerprint density at radius 1 is 0.810 bits per heavy atom. The molecule has 0 amide bonds. The van der Waals surface area contributed by atoms with Gasteiger partial charge in [0.25, 0.3) is 0 Å². The van der Waals surface area contributed by atoms with Gasteiger partial charge in [0.15, 0.2) is 5.50 Å². The molecule has 120 valence electrons. The summed E-state index contributed by atoms with van der Waals surface area (Å²) >= 11 is 5.53. The Balaban J connectivity index is 4.72. The van der Waals surface area contributed by atoms with E-state index in [0.717, 1.165) is 9.80 Å². The van der Waals surface area contributed by atoms with Crippen LogP contribution in [-0.4, -0.2) is 92.3 Å². The average molecular weight is 327 g/mol. The van der Waals surface area contributed by atoms with Gasteiger partial charge in [-0.15, -0.1) is 0 Å². The van der Waals surface area contributed by atoms with Gasteiger partial charge in [-0.05, 0) is 0 Å². The smallest absolute Gasteiger partial charge is 0.336 e. The van der Waals surface area contributed by atoms with Gasteiger partial charge >= 0.3 is 23.9 Å². The van der Waals surface area contributed by atoms with Gasteiger partial charge in [-0.2, -0.15) is 0 Å². The molecule has 10 nitrogen and oxygen atoms in total. The number of rotatable bonds is 11. The monoisotopic (exact) mass is 326 g/mol. The lowest BCUT2D eigenvalue weighted by Gasteiger charge is -2.26. The molecule has 4 N–H and O–H groups in total. The number of carboxylic acids is 4. The molecule has 0 heterocycles. The van der Waals surface area contributed by atoms with E-state index in [1.807, 2.05) is 0 Å². The predicted octanol–water partition coefficient (Wildman–Crippen LogP) is -1.51. The second kappa shape index (κ2) is 9.10. The number of hydrogen-bond acceptors (Lipinski definition) is 6. The third-order valence-corrected chi connectivity index (χ3v) is 2.75. The first-order chi connectivity index (χ1) is 9.63. The van der Waals surface area contributed by atoms with Crippen LogP contribution in [0, 0.1) is 0 Å². The largest absolute Gasteiger partial charge is 0.480 e. The Labute approximate surface area is 124 Å². The summed E-state index contributed by atoms with van der Waals surface area (Å²) in [5.74, 6) is -5.30. The SMILES string of the molecule is O=C(O)CN(CCN(CC(=O)O)C(Cl)C(=O)O)CC(=O)O. The van der Waals surface area contributed by atoms with Crippen molar-refractivity contribution in [3.8, 4) is 0 Å². The predicted molar refractivity (Wildman–Crippen MR) is 68.2 cm³/mol. The van der Waals surface area contributed by atoms with Crippen molar-refractivity contribution in [2.45, 2.75) is 5.50 Å². The summed E-state index contributed by atoms with van der Waals surface area (Å²) in [4.78, 5) is 44.5. The highest BCUT2D eigenvalue weighted by Crippen LogP contribution is 2.05. The van der Waals surface area contributed by atoms with Crippen LogP contribution in [0.15, 0.2) is 0 Å². The molecule has 0 rings (SSSR count). The van der Waals surface area contributed by atoms with Crippen LogP contribution in [0.4, 0.5) is 0 Å². The van der Waals surface area contributed by atoms with Crippen LogP contribution >= 0.6 is 11.6 Å². The topological polar surface area (TPSA) is 156 Å². The first-order valence-corrected chi connectivity index (χ1v) is 6.05. The quantitative estimate of drug-likeness (QED) is 0.260. The maximum absolute atomic E-state index is 10.8. The van der Waals surface area contributed by atoms with Crippen LogP contribution in [0.3, 0.4) is 0 Å². The Kier molecular flexibility index (Phi) is 8.28. The summed E-state index contributed by atoms with van der Waals surface area (Å²) < 4.78 is 0. The maximum Gasteiger partial charge on any atom is 0.336 e. The zero-order valence-electron chi connectivity index (χ0n) is 10.8. The highest BCUT2D eigenvalue weighted by molar-refractivity contribution is 6.29. The number of carboxylic acid groups (broad SMARTS) is 4. The third-order valence-electron chi connectivity index (χ3n) is 2.28. The number of hydrogen-bond donors (Lipinski definition) is 4. The van der Waals surface area contributed by atoms with E-state index in [4.69, 9.17) is 32.0 Å². The minimum Gasteiger partial charge on any atom is -0.480 e. The molecule has 0 radical (unpaired) electrons. The molecule has 0 saturated carbocycles. The fraction of sp³-hybridized carbons (Fsp3) is 0.600. The normalized spacial score (nSPS) is 12.3. The van der Waals surface area contributed by atoms with E-state index < -0.39 is 49.0 Å². The van der Waals surface area contributed by atoms with Crippen molar-refractivity contribution in [2.75, 3.05) is 32.7 Å². The van der Waals surface area contributed by atoms with E-state index in [9.17, 15) is 19.2 Å². The van der Waals surface area contributed by atoms with Crippen molar-refractivity contribution < 1.29 is 39.6 Å². The van der Waals surface area contributed by atoms with E-state index in [1.165, 1.54) is 0 Å². The van der Waals surface area contributed by atoms with Crippen LogP contribution < -0.4 is 0 Å². The fourth-order valence-electron chi connectivity index (χ4n) is 1.47. The molecule has 0 spiro atoms. The summed E-state index contributed by atoms with van der Waals surface area (Å²) in [5, 5.41) is 34.7. The lowest BCUT2D eigenvalue weighted by molar-refractivity contribution is -0.146. The Bertz CT molecular complexity index is 400. The molecule has 0 aromatic heterocycles. The van der Waals surface area contributed by atoms with E-state index in [2.05, 4.69) is 0 Å². The molecule has 1 atom stereocenters. The molecule has 0 bridgehead atoms. The van der Waals surface area contributed by atoms with E-state index in [0.29, 0.717) is 0 Å². The molecule has 0 aromatic rings. The van der Waals surface area contributed by atoms with Gasteiger partial charge in [-0.3, -0.25) is 24.2 Å². The highest BCUT2D eigenvalue weighted by atomic mass is 35.5. The second-order valence-electron chi connectivity index (χ2n) is 4.04. The highest BCUT2D eigenvalue weighted by Gasteiger charge is 2.26. The number of alkyl halides is 1. The van der Waals surface area contributed by atoms with Crippen molar-refractivity contribution in [2.24, 2.45) is 0 Å². The molecule has 0 saturated heterocycles. The fourth-order valence-corrected chi connectivity index (χ4v) is 1.64. The van der Waals surface area contributed by atoms with Crippen LogP contribution in [0.1, 0.15) is 0 Å². The third kappa shape index (κ3) is 8.78. The summed E-state index contributed by atoms with van der Waals surface area (Å²) in [6.07, 6.45) is 0. The van der Waals surface area contributed by atoms with Gasteiger partial charge in [0.1, 0.15) is 0 Å². The molecule has 0 aliphatic heterocycles. The zero-order chi connectivity index (χ0) is 16.6. The summed E-state index contributed by atoms with van der Waals surface area (Å²) in [6.45, 7) is -2.20. The van der Waals surface area contributed by atoms with Crippen LogP contribution in [0.2, 0.25) is 0 Å². The molecule has 1 unspecified atom stereocenters. The summed E-state index contributed by atoms with van der Waals surface area (Å²) in [6, 6.07) is 0. The molecule has 11 heteroatoms. The van der Waals surface area contributed by atoms with Crippen molar-refractivity contribution in [1.29, 1.82) is 0 Å². The first kappa shape index (κ1) is 19.1. The average Bonchev–Trinajstić information content (AvgIpc) is 2.31. The molecular formula is C10H15ClN2O8. The summed E-state index contributed by atoms with van der Waals surface area (Å²) in [7, 11) is 0. The van der Waals surface area contributed by atoms with E-state index in [1.54, 1.807) is 0 Å². The number of carbonyl (C=O) groups is 4. The zero-order valence-corrected chi connectivity index (χ0v) is 11.6. The Morgan fingerprint density at radius 3 is 1.57 bits per heavy atom. The van der Waals surface area contributed by atoms with Crippen molar-refractivity contribution in [3.63, 3.8) is 0 Å². The van der Waals surface area contributed by atoms with Gasteiger partial charge < -0.3 is 20.4 Å². The molecule has 21 heavy (non-hydrogen) atoms. The molecule has 0 aromatic carbocycles. The number of aliphatic carboxylic acids is 4. The molecule has 0 aliphatic carbocycles. The van der Waals surface area contributed by atoms with Crippen LogP contribution in [0.5, 0.6) is 0 Å². The minimum absolute atomic E-state index is 0.164. The van der Waals surface area contributed by atoms with Gasteiger partial charge in [0, 0.05) is 13.1 Å². The minimum atomic E-state index is -1.61. The van der Waals surface area contributed by atoms with Crippen molar-refractivity contribution in [1.82, 2.24) is 9.80 Å². The molecule has 0 fully saturated rings. The van der Waals surface area contributed by atoms with Gasteiger partial charge in [0.05, 0.1) is 19.6 Å². The molecular weight excluding hydrogens is 312 g/mol. The van der Waals surface area contributed by atoms with Gasteiger partial charge in [-0.25, -0.2) is 4.79 Å². The Morgan fingerprint density at radius 2 is 1.24 bits per heavy atom. The lowest BCUT2D eigenvalue weighted by Crippen LogP contribution is -2.46. The van der Waals surface area contributed by atoms with Gasteiger partial charge in [0.2, 0.25) is 0 Å². The number of halogens is 1. The van der Waals surface area contributed by atoms with Gasteiger partial charge in [-0.1, -0.05) is 11.6 Å².